The van der Waals surface area contributed by atoms with Crippen molar-refractivity contribution in [3.05, 3.63) is 96.3 Å². The third-order valence-corrected chi connectivity index (χ3v) is 7.37. The maximum absolute atomic E-state index is 15.4. The minimum absolute atomic E-state index is 0.0586. The van der Waals surface area contributed by atoms with Crippen LogP contribution in [0.25, 0.3) is 22.0 Å². The monoisotopic (exact) mass is 507 g/mol. The van der Waals surface area contributed by atoms with Crippen LogP contribution in [0.4, 0.5) is 10.2 Å². The van der Waals surface area contributed by atoms with Gasteiger partial charge in [0, 0.05) is 47.9 Å². The molecule has 0 bridgehead atoms. The minimum atomic E-state index is -0.505. The minimum Gasteiger partial charge on any atom is -0.339 e. The SMILES string of the molecule is C=CC(=O)N1CCC(c2cc(-c3ccc(C(=O)Nc4cc(C5CC5)ccn4)cc3F)cc3cncnc23)C1. The number of rotatable bonds is 6. The molecule has 1 aliphatic heterocycles. The van der Waals surface area contributed by atoms with Gasteiger partial charge in [-0.15, -0.1) is 0 Å². The topological polar surface area (TPSA) is 88.1 Å². The van der Waals surface area contributed by atoms with Crippen LogP contribution in [0.2, 0.25) is 0 Å². The maximum atomic E-state index is 15.4. The molecule has 38 heavy (non-hydrogen) atoms. The Kier molecular flexibility index (Phi) is 6.15. The number of hydrogen-bond acceptors (Lipinski definition) is 5. The number of amides is 2. The summed E-state index contributed by atoms with van der Waals surface area (Å²) in [6, 6.07) is 12.1. The van der Waals surface area contributed by atoms with E-state index in [1.165, 1.54) is 18.5 Å². The van der Waals surface area contributed by atoms with Gasteiger partial charge in [-0.25, -0.2) is 19.3 Å². The van der Waals surface area contributed by atoms with Crippen molar-refractivity contribution in [3.8, 4) is 11.1 Å². The van der Waals surface area contributed by atoms with Gasteiger partial charge < -0.3 is 10.2 Å². The molecule has 8 heteroatoms. The lowest BCUT2D eigenvalue weighted by Gasteiger charge is -2.17. The second-order valence-electron chi connectivity index (χ2n) is 9.90. The molecule has 2 aromatic carbocycles. The molecule has 1 saturated heterocycles. The van der Waals surface area contributed by atoms with Gasteiger partial charge in [0.1, 0.15) is 18.0 Å². The molecule has 6 rings (SSSR count). The van der Waals surface area contributed by atoms with Crippen LogP contribution in [0.1, 0.15) is 52.6 Å². The van der Waals surface area contributed by atoms with Crippen LogP contribution < -0.4 is 5.32 Å². The summed E-state index contributed by atoms with van der Waals surface area (Å²) in [4.78, 5) is 39.6. The van der Waals surface area contributed by atoms with Gasteiger partial charge in [-0.05, 0) is 84.3 Å². The molecule has 2 amide bonds. The Bertz CT molecular complexity index is 1580. The number of pyridine rings is 1. The molecule has 190 valence electrons. The van der Waals surface area contributed by atoms with Crippen molar-refractivity contribution >= 4 is 28.5 Å². The molecule has 1 N–H and O–H groups in total. The second kappa shape index (κ2) is 9.78. The molecule has 1 saturated carbocycles. The van der Waals surface area contributed by atoms with Crippen molar-refractivity contribution in [2.24, 2.45) is 0 Å². The smallest absolute Gasteiger partial charge is 0.256 e. The highest BCUT2D eigenvalue weighted by Crippen LogP contribution is 2.40. The van der Waals surface area contributed by atoms with Crippen LogP contribution in [-0.2, 0) is 4.79 Å². The van der Waals surface area contributed by atoms with Crippen molar-refractivity contribution in [1.82, 2.24) is 19.9 Å². The van der Waals surface area contributed by atoms with Crippen molar-refractivity contribution in [2.45, 2.75) is 31.1 Å². The Morgan fingerprint density at radius 3 is 2.71 bits per heavy atom. The third kappa shape index (κ3) is 4.65. The van der Waals surface area contributed by atoms with Gasteiger partial charge in [-0.1, -0.05) is 12.6 Å². The molecule has 1 aliphatic carbocycles. The van der Waals surface area contributed by atoms with E-state index in [1.54, 1.807) is 29.4 Å². The molecule has 4 aromatic rings. The van der Waals surface area contributed by atoms with Crippen LogP contribution in [-0.4, -0.2) is 44.8 Å². The summed E-state index contributed by atoms with van der Waals surface area (Å²) < 4.78 is 15.4. The summed E-state index contributed by atoms with van der Waals surface area (Å²) >= 11 is 0. The van der Waals surface area contributed by atoms with Gasteiger partial charge in [0.15, 0.2) is 0 Å². The van der Waals surface area contributed by atoms with Gasteiger partial charge in [0.05, 0.1) is 5.52 Å². The largest absolute Gasteiger partial charge is 0.339 e. The Hall–Kier alpha value is -4.46. The second-order valence-corrected chi connectivity index (χ2v) is 9.90. The number of halogens is 1. The lowest BCUT2D eigenvalue weighted by atomic mass is 9.91. The van der Waals surface area contributed by atoms with E-state index in [4.69, 9.17) is 0 Å². The fourth-order valence-corrected chi connectivity index (χ4v) is 5.21. The molecule has 0 spiro atoms. The van der Waals surface area contributed by atoms with Crippen molar-refractivity contribution in [1.29, 1.82) is 0 Å². The van der Waals surface area contributed by atoms with E-state index in [0.717, 1.165) is 41.3 Å². The van der Waals surface area contributed by atoms with Crippen molar-refractivity contribution < 1.29 is 14.0 Å². The zero-order valence-corrected chi connectivity index (χ0v) is 20.7. The molecule has 2 aliphatic rings. The molecule has 3 heterocycles. The van der Waals surface area contributed by atoms with Crippen LogP contribution >= 0.6 is 0 Å². The number of nitrogens with one attached hydrogen (secondary N) is 1. The summed E-state index contributed by atoms with van der Waals surface area (Å²) in [5.74, 6) is 0.0389. The van der Waals surface area contributed by atoms with E-state index >= 15 is 4.39 Å². The molecule has 1 unspecified atom stereocenters. The van der Waals surface area contributed by atoms with E-state index in [9.17, 15) is 9.59 Å². The number of likely N-dealkylation sites (tertiary alicyclic amines) is 1. The first-order valence-electron chi connectivity index (χ1n) is 12.7. The normalized spacial score (nSPS) is 17.0. The summed E-state index contributed by atoms with van der Waals surface area (Å²) in [6.45, 7) is 4.76. The first-order valence-corrected chi connectivity index (χ1v) is 12.7. The van der Waals surface area contributed by atoms with Crippen LogP contribution in [0, 0.1) is 5.82 Å². The van der Waals surface area contributed by atoms with Crippen molar-refractivity contribution in [2.75, 3.05) is 18.4 Å². The number of anilines is 1. The van der Waals surface area contributed by atoms with Crippen molar-refractivity contribution in [3.63, 3.8) is 0 Å². The molecule has 2 aromatic heterocycles. The van der Waals surface area contributed by atoms with Gasteiger partial charge >= 0.3 is 0 Å². The average molecular weight is 508 g/mol. The highest BCUT2D eigenvalue weighted by molar-refractivity contribution is 6.04. The lowest BCUT2D eigenvalue weighted by Crippen LogP contribution is -2.26. The van der Waals surface area contributed by atoms with E-state index in [2.05, 4.69) is 26.8 Å². The number of aromatic nitrogens is 3. The van der Waals surface area contributed by atoms with Gasteiger partial charge in [0.25, 0.3) is 5.91 Å². The highest BCUT2D eigenvalue weighted by Gasteiger charge is 2.28. The predicted molar refractivity (Wildman–Crippen MR) is 143 cm³/mol. The Labute approximate surface area is 219 Å². The third-order valence-electron chi connectivity index (χ3n) is 7.37. The maximum Gasteiger partial charge on any atom is 0.256 e. The first kappa shape index (κ1) is 23.9. The fourth-order valence-electron chi connectivity index (χ4n) is 5.21. The highest BCUT2D eigenvalue weighted by atomic mass is 19.1. The Morgan fingerprint density at radius 2 is 1.92 bits per heavy atom. The van der Waals surface area contributed by atoms with Crippen LogP contribution in [0.5, 0.6) is 0 Å². The van der Waals surface area contributed by atoms with E-state index in [1.807, 2.05) is 24.3 Å². The van der Waals surface area contributed by atoms with Crippen LogP contribution in [0.15, 0.2) is 73.8 Å². The molecule has 2 fully saturated rings. The number of nitrogens with zero attached hydrogens (tertiary/aromatic N) is 4. The molecular weight excluding hydrogens is 481 g/mol. The first-order chi connectivity index (χ1) is 18.5. The van der Waals surface area contributed by atoms with Crippen LogP contribution in [0.3, 0.4) is 0 Å². The zero-order chi connectivity index (χ0) is 26.2. The quantitative estimate of drug-likeness (QED) is 0.350. The van der Waals surface area contributed by atoms with Gasteiger partial charge in [0.2, 0.25) is 5.91 Å². The Morgan fingerprint density at radius 1 is 1.05 bits per heavy atom. The number of carbonyl (C=O) groups excluding carboxylic acids is 2. The summed E-state index contributed by atoms with van der Waals surface area (Å²) in [5, 5.41) is 3.57. The number of carbonyl (C=O) groups is 2. The standard InChI is InChI=1S/C30H26FN5O2/c1-2-28(37)36-10-8-21(16-36)25-12-22(11-23-15-32-17-34-29(23)25)24-6-5-20(13-26(24)31)30(38)35-27-14-19(7-9-33-27)18-3-4-18/h2,5-7,9,11-15,17-18,21H,1,3-4,8,10,16H2,(H,33,35,38). The zero-order valence-electron chi connectivity index (χ0n) is 20.7. The summed E-state index contributed by atoms with van der Waals surface area (Å²) in [6.07, 6.45) is 9.30. The van der Waals surface area contributed by atoms with E-state index in [-0.39, 0.29) is 17.4 Å². The van der Waals surface area contributed by atoms with E-state index in [0.29, 0.717) is 36.0 Å². The Balaban J connectivity index is 1.29. The lowest BCUT2D eigenvalue weighted by molar-refractivity contribution is -0.125. The molecular formula is C30H26FN5O2. The molecule has 0 radical (unpaired) electrons. The molecule has 1 atom stereocenters. The number of hydrogen-bond donors (Lipinski definition) is 1. The number of fused-ring (bicyclic) bond motifs is 1. The number of benzene rings is 2. The molecule has 7 nitrogen and oxygen atoms in total. The van der Waals surface area contributed by atoms with Gasteiger partial charge in [-0.2, -0.15) is 0 Å². The summed E-state index contributed by atoms with van der Waals surface area (Å²) in [5.41, 5.74) is 4.15. The fraction of sp³-hybridized carbons (Fsp3) is 0.233. The van der Waals surface area contributed by atoms with Gasteiger partial charge in [-0.3, -0.25) is 9.59 Å². The van der Waals surface area contributed by atoms with E-state index < -0.39 is 11.7 Å². The average Bonchev–Trinajstić information content (AvgIpc) is 3.68. The predicted octanol–water partition coefficient (Wildman–Crippen LogP) is 5.46. The summed E-state index contributed by atoms with van der Waals surface area (Å²) in [7, 11) is 0.